The second-order valence-electron chi connectivity index (χ2n) is 4.64. The maximum atomic E-state index is 11.8. The van der Waals surface area contributed by atoms with Crippen molar-refractivity contribution in [3.63, 3.8) is 0 Å². The monoisotopic (exact) mass is 292 g/mol. The van der Waals surface area contributed by atoms with Gasteiger partial charge in [0.1, 0.15) is 0 Å². The number of amides is 1. The van der Waals surface area contributed by atoms with E-state index in [0.29, 0.717) is 12.1 Å². The molecule has 1 amide bonds. The van der Waals surface area contributed by atoms with Crippen LogP contribution in [0.5, 0.6) is 0 Å². The third-order valence-corrected chi connectivity index (χ3v) is 3.07. The van der Waals surface area contributed by atoms with E-state index in [1.54, 1.807) is 0 Å². The van der Waals surface area contributed by atoms with Crippen LogP contribution in [0.3, 0.4) is 0 Å². The number of aliphatic carboxylic acids is 1. The topological polar surface area (TPSA) is 108 Å². The van der Waals surface area contributed by atoms with E-state index in [-0.39, 0.29) is 18.9 Å². The maximum absolute atomic E-state index is 11.8. The molecule has 0 spiro atoms. The number of carboxylic acids is 1. The Bertz CT molecular complexity index is 544. The molecule has 7 heteroatoms. The van der Waals surface area contributed by atoms with Crippen molar-refractivity contribution in [2.45, 2.75) is 25.0 Å². The van der Waals surface area contributed by atoms with Gasteiger partial charge in [-0.2, -0.15) is 0 Å². The highest BCUT2D eigenvalue weighted by Crippen LogP contribution is 2.16. The number of carboxylic acid groups (broad SMARTS) is 1. The average Bonchev–Trinajstić information content (AvgIpc) is 2.97. The van der Waals surface area contributed by atoms with Gasteiger partial charge in [0.15, 0.2) is 6.10 Å². The molecule has 2 rings (SSSR count). The van der Waals surface area contributed by atoms with Crippen LogP contribution in [-0.2, 0) is 14.4 Å². The number of carbonyl (C=O) groups excluding carboxylic acids is 1. The molecule has 1 heterocycles. The van der Waals surface area contributed by atoms with Gasteiger partial charge in [0.05, 0.1) is 5.71 Å². The first-order valence-electron chi connectivity index (χ1n) is 6.54. The molecule has 2 unspecified atom stereocenters. The summed E-state index contributed by atoms with van der Waals surface area (Å²) in [5, 5.41) is 24.0. The van der Waals surface area contributed by atoms with Crippen LogP contribution in [0.1, 0.15) is 18.4 Å². The minimum absolute atomic E-state index is 0.0554. The summed E-state index contributed by atoms with van der Waals surface area (Å²) in [4.78, 5) is 27.3. The number of carbonyl (C=O) groups is 2. The van der Waals surface area contributed by atoms with Crippen LogP contribution in [0.4, 0.5) is 0 Å². The summed E-state index contributed by atoms with van der Waals surface area (Å²) in [6.07, 6.45) is -1.90. The van der Waals surface area contributed by atoms with Gasteiger partial charge in [0.25, 0.3) is 5.91 Å². The molecule has 0 radical (unpaired) electrons. The van der Waals surface area contributed by atoms with Gasteiger partial charge in [-0.3, -0.25) is 4.79 Å². The van der Waals surface area contributed by atoms with Crippen LogP contribution in [0.15, 0.2) is 35.5 Å². The smallest absolute Gasteiger partial charge is 0.332 e. The lowest BCUT2D eigenvalue weighted by Gasteiger charge is -2.10. The lowest BCUT2D eigenvalue weighted by molar-refractivity contribution is -0.147. The van der Waals surface area contributed by atoms with Crippen LogP contribution in [0, 0.1) is 0 Å². The Morgan fingerprint density at radius 1 is 1.38 bits per heavy atom. The first-order chi connectivity index (χ1) is 10.1. The fraction of sp³-hybridized carbons (Fsp3) is 0.357. The summed E-state index contributed by atoms with van der Waals surface area (Å²) in [5.74, 6) is -1.68. The summed E-state index contributed by atoms with van der Waals surface area (Å²) in [6.45, 7) is 0.0623. The molecule has 3 N–H and O–H groups in total. The molecule has 0 aliphatic carbocycles. The lowest BCUT2D eigenvalue weighted by Crippen LogP contribution is -2.37. The van der Waals surface area contributed by atoms with E-state index in [1.807, 2.05) is 30.3 Å². The van der Waals surface area contributed by atoms with Gasteiger partial charge in [0.2, 0.25) is 6.10 Å². The van der Waals surface area contributed by atoms with Gasteiger partial charge in [-0.05, 0) is 5.56 Å². The van der Waals surface area contributed by atoms with Crippen LogP contribution < -0.4 is 5.32 Å². The van der Waals surface area contributed by atoms with Crippen LogP contribution >= 0.6 is 0 Å². The molecule has 0 aromatic heterocycles. The zero-order valence-corrected chi connectivity index (χ0v) is 11.2. The minimum Gasteiger partial charge on any atom is -0.479 e. The van der Waals surface area contributed by atoms with Gasteiger partial charge in [0, 0.05) is 19.4 Å². The van der Waals surface area contributed by atoms with E-state index >= 15 is 0 Å². The molecule has 7 nitrogen and oxygen atoms in total. The van der Waals surface area contributed by atoms with Gasteiger partial charge < -0.3 is 20.4 Å². The first kappa shape index (κ1) is 15.0. The molecule has 112 valence electrons. The minimum atomic E-state index is -1.48. The molecular weight excluding hydrogens is 276 g/mol. The number of nitrogens with zero attached hydrogens (tertiary/aromatic N) is 1. The predicted octanol–water partition coefficient (Wildman–Crippen LogP) is 0.131. The van der Waals surface area contributed by atoms with Crippen LogP contribution in [0.25, 0.3) is 0 Å². The predicted molar refractivity (Wildman–Crippen MR) is 73.7 cm³/mol. The van der Waals surface area contributed by atoms with E-state index in [1.165, 1.54) is 0 Å². The van der Waals surface area contributed by atoms with Crippen molar-refractivity contribution in [2.24, 2.45) is 5.16 Å². The zero-order valence-electron chi connectivity index (χ0n) is 11.2. The highest BCUT2D eigenvalue weighted by atomic mass is 16.6. The number of benzene rings is 1. The fourth-order valence-electron chi connectivity index (χ4n) is 1.89. The number of oxime groups is 1. The van der Waals surface area contributed by atoms with Gasteiger partial charge in [-0.15, -0.1) is 0 Å². The van der Waals surface area contributed by atoms with E-state index in [2.05, 4.69) is 10.5 Å². The van der Waals surface area contributed by atoms with E-state index in [4.69, 9.17) is 15.1 Å². The van der Waals surface area contributed by atoms with Crippen molar-refractivity contribution < 1.29 is 24.6 Å². The van der Waals surface area contributed by atoms with Crippen molar-refractivity contribution in [1.82, 2.24) is 5.32 Å². The second-order valence-corrected chi connectivity index (χ2v) is 4.64. The highest BCUT2D eigenvalue weighted by Gasteiger charge is 2.28. The number of hydrogen-bond donors (Lipinski definition) is 3. The Labute approximate surface area is 121 Å². The standard InChI is InChI=1S/C14H16N2O5/c17-11(14(19)20)6-7-15-13(18)12-8-10(16-21-12)9-4-2-1-3-5-9/h1-5,11-12,17H,6-8H2,(H,15,18)(H,19,20). The fourth-order valence-corrected chi connectivity index (χ4v) is 1.89. The van der Waals surface area contributed by atoms with Crippen molar-refractivity contribution >= 4 is 17.6 Å². The molecule has 1 aromatic rings. The highest BCUT2D eigenvalue weighted by molar-refractivity contribution is 6.04. The van der Waals surface area contributed by atoms with Crippen LogP contribution in [0.2, 0.25) is 0 Å². The quantitative estimate of drug-likeness (QED) is 0.690. The van der Waals surface area contributed by atoms with E-state index in [9.17, 15) is 9.59 Å². The zero-order chi connectivity index (χ0) is 15.2. The number of rotatable bonds is 6. The summed E-state index contributed by atoms with van der Waals surface area (Å²) < 4.78 is 0. The molecule has 2 atom stereocenters. The summed E-state index contributed by atoms with van der Waals surface area (Å²) in [6, 6.07) is 9.40. The Morgan fingerprint density at radius 3 is 2.76 bits per heavy atom. The van der Waals surface area contributed by atoms with Gasteiger partial charge in [-0.25, -0.2) is 4.79 Å². The Morgan fingerprint density at radius 2 is 2.10 bits per heavy atom. The molecule has 1 aliphatic heterocycles. The summed E-state index contributed by atoms with van der Waals surface area (Å²) >= 11 is 0. The van der Waals surface area contributed by atoms with Crippen LogP contribution in [-0.4, -0.2) is 46.6 Å². The summed E-state index contributed by atoms with van der Waals surface area (Å²) in [5.41, 5.74) is 1.59. The van der Waals surface area contributed by atoms with Gasteiger partial charge in [-0.1, -0.05) is 35.5 Å². The molecule has 0 saturated carbocycles. The lowest BCUT2D eigenvalue weighted by atomic mass is 10.0. The SMILES string of the molecule is O=C(O)C(O)CCNC(=O)C1CC(c2ccccc2)=NO1. The average molecular weight is 292 g/mol. The van der Waals surface area contributed by atoms with Crippen molar-refractivity contribution in [1.29, 1.82) is 0 Å². The number of nitrogens with one attached hydrogen (secondary N) is 1. The molecule has 1 aliphatic rings. The molecule has 21 heavy (non-hydrogen) atoms. The third kappa shape index (κ3) is 4.03. The number of aliphatic hydroxyl groups excluding tert-OH is 1. The number of aliphatic hydroxyl groups is 1. The third-order valence-electron chi connectivity index (χ3n) is 3.07. The molecule has 0 bridgehead atoms. The Kier molecular flexibility index (Phi) is 4.89. The molecule has 0 saturated heterocycles. The van der Waals surface area contributed by atoms with Crippen molar-refractivity contribution in [3.8, 4) is 0 Å². The van der Waals surface area contributed by atoms with Crippen molar-refractivity contribution in [3.05, 3.63) is 35.9 Å². The van der Waals surface area contributed by atoms with Crippen molar-refractivity contribution in [2.75, 3.05) is 6.54 Å². The van der Waals surface area contributed by atoms with E-state index in [0.717, 1.165) is 5.56 Å². The molecular formula is C14H16N2O5. The normalized spacial score (nSPS) is 18.5. The molecule has 1 aromatic carbocycles. The maximum Gasteiger partial charge on any atom is 0.332 e. The molecule has 0 fully saturated rings. The second kappa shape index (κ2) is 6.85. The summed E-state index contributed by atoms with van der Waals surface area (Å²) in [7, 11) is 0. The number of hydrogen-bond acceptors (Lipinski definition) is 5. The Hall–Kier alpha value is -2.41. The Balaban J connectivity index is 1.78. The van der Waals surface area contributed by atoms with E-state index < -0.39 is 18.2 Å². The first-order valence-corrected chi connectivity index (χ1v) is 6.54. The van der Waals surface area contributed by atoms with Gasteiger partial charge >= 0.3 is 5.97 Å². The largest absolute Gasteiger partial charge is 0.479 e.